The van der Waals surface area contributed by atoms with Gasteiger partial charge in [-0.05, 0) is 6.42 Å². The van der Waals surface area contributed by atoms with E-state index in [0.717, 1.165) is 0 Å². The van der Waals surface area contributed by atoms with Crippen molar-refractivity contribution >= 4 is 12.1 Å². The van der Waals surface area contributed by atoms with Crippen molar-refractivity contribution in [1.82, 2.24) is 5.32 Å². The van der Waals surface area contributed by atoms with Crippen molar-refractivity contribution in [1.29, 1.82) is 0 Å². The Bertz CT molecular complexity index is 369. The molecule has 5 nitrogen and oxygen atoms in total. The fourth-order valence-electron chi connectivity index (χ4n) is 1.66. The van der Waals surface area contributed by atoms with E-state index in [-0.39, 0.29) is 6.61 Å². The zero-order valence-electron chi connectivity index (χ0n) is 9.29. The molecule has 1 fully saturated rings. The molecule has 0 heterocycles. The van der Waals surface area contributed by atoms with E-state index in [1.807, 2.05) is 5.32 Å². The number of alkyl carbamates (subject to hydrolysis) is 1. The fraction of sp³-hybridized carbons (Fsp3) is 0.600. The molecule has 1 aliphatic rings. The molecule has 1 rings (SSSR count). The van der Waals surface area contributed by atoms with Gasteiger partial charge in [-0.25, -0.2) is 4.79 Å². The standard InChI is InChI=1S/C10H12F3NO4/c1-2-3-18-8(17)14-5-9(7(15)16)4-6(9)10(11,12)13/h2,6H,1,3-5H2,(H,14,17)(H,15,16)/t6-,9+/m0/s1. The molecule has 0 aromatic heterocycles. The minimum absolute atomic E-state index is 0.103. The molecule has 1 saturated carbocycles. The van der Waals surface area contributed by atoms with Crippen LogP contribution in [0.15, 0.2) is 12.7 Å². The predicted octanol–water partition coefficient (Wildman–Crippen LogP) is 1.55. The van der Waals surface area contributed by atoms with Crippen molar-refractivity contribution in [2.75, 3.05) is 13.2 Å². The number of amides is 1. The molecule has 0 unspecified atom stereocenters. The van der Waals surface area contributed by atoms with Gasteiger partial charge in [0.25, 0.3) is 0 Å². The molecule has 0 aromatic carbocycles. The van der Waals surface area contributed by atoms with E-state index in [1.54, 1.807) is 0 Å². The van der Waals surface area contributed by atoms with Crippen LogP contribution in [0.4, 0.5) is 18.0 Å². The topological polar surface area (TPSA) is 75.6 Å². The molecule has 0 saturated heterocycles. The number of hydrogen-bond acceptors (Lipinski definition) is 3. The molecule has 0 bridgehead atoms. The molecule has 1 aliphatic carbocycles. The summed E-state index contributed by atoms with van der Waals surface area (Å²) >= 11 is 0. The van der Waals surface area contributed by atoms with Gasteiger partial charge in [-0.3, -0.25) is 4.79 Å². The van der Waals surface area contributed by atoms with E-state index in [1.165, 1.54) is 6.08 Å². The molecular formula is C10H12F3NO4. The summed E-state index contributed by atoms with van der Waals surface area (Å²) in [7, 11) is 0. The number of alkyl halides is 3. The third-order valence-electron chi connectivity index (χ3n) is 2.78. The summed E-state index contributed by atoms with van der Waals surface area (Å²) in [5.41, 5.74) is -1.97. The zero-order valence-corrected chi connectivity index (χ0v) is 9.29. The second-order valence-corrected chi connectivity index (χ2v) is 4.00. The number of ether oxygens (including phenoxy) is 1. The number of carbonyl (C=O) groups is 2. The number of halogens is 3. The van der Waals surface area contributed by atoms with Crippen molar-refractivity contribution in [2.45, 2.75) is 12.6 Å². The van der Waals surface area contributed by atoms with Crippen molar-refractivity contribution in [2.24, 2.45) is 11.3 Å². The number of carboxylic acid groups (broad SMARTS) is 1. The molecule has 2 N–H and O–H groups in total. The molecule has 1 amide bonds. The summed E-state index contributed by atoms with van der Waals surface area (Å²) < 4.78 is 41.7. The molecule has 8 heteroatoms. The van der Waals surface area contributed by atoms with Gasteiger partial charge in [0, 0.05) is 6.54 Å². The Balaban J connectivity index is 2.55. The van der Waals surface area contributed by atoms with E-state index in [2.05, 4.69) is 11.3 Å². The van der Waals surface area contributed by atoms with Crippen LogP contribution in [0.3, 0.4) is 0 Å². The molecule has 0 aliphatic heterocycles. The summed E-state index contributed by atoms with van der Waals surface area (Å²) in [6.07, 6.45) is -4.80. The van der Waals surface area contributed by atoms with Crippen LogP contribution in [0.25, 0.3) is 0 Å². The van der Waals surface area contributed by atoms with Crippen LogP contribution in [0, 0.1) is 11.3 Å². The number of carbonyl (C=O) groups excluding carboxylic acids is 1. The minimum Gasteiger partial charge on any atom is -0.481 e. The van der Waals surface area contributed by atoms with Gasteiger partial charge in [-0.15, -0.1) is 0 Å². The number of nitrogens with one attached hydrogen (secondary N) is 1. The van der Waals surface area contributed by atoms with Gasteiger partial charge in [-0.1, -0.05) is 12.7 Å². The molecule has 102 valence electrons. The lowest BCUT2D eigenvalue weighted by Crippen LogP contribution is -2.37. The maximum Gasteiger partial charge on any atom is 0.407 e. The number of rotatable bonds is 5. The first-order valence-electron chi connectivity index (χ1n) is 5.05. The highest BCUT2D eigenvalue weighted by Crippen LogP contribution is 2.60. The van der Waals surface area contributed by atoms with Gasteiger partial charge in [0.1, 0.15) is 6.61 Å². The highest BCUT2D eigenvalue weighted by Gasteiger charge is 2.71. The van der Waals surface area contributed by atoms with E-state index in [9.17, 15) is 22.8 Å². The van der Waals surface area contributed by atoms with Gasteiger partial charge in [-0.2, -0.15) is 13.2 Å². The maximum absolute atomic E-state index is 12.4. The second-order valence-electron chi connectivity index (χ2n) is 4.00. The van der Waals surface area contributed by atoms with Crippen LogP contribution in [-0.2, 0) is 9.53 Å². The summed E-state index contributed by atoms with van der Waals surface area (Å²) in [5.74, 6) is -3.50. The Morgan fingerprint density at radius 3 is 2.56 bits per heavy atom. The third kappa shape index (κ3) is 2.93. The van der Waals surface area contributed by atoms with Gasteiger partial charge >= 0.3 is 18.2 Å². The predicted molar refractivity (Wildman–Crippen MR) is 53.8 cm³/mol. The summed E-state index contributed by atoms with van der Waals surface area (Å²) in [5, 5.41) is 10.8. The van der Waals surface area contributed by atoms with E-state index >= 15 is 0 Å². The average molecular weight is 267 g/mol. The lowest BCUT2D eigenvalue weighted by molar-refractivity contribution is -0.168. The number of hydrogen-bond donors (Lipinski definition) is 2. The number of aliphatic carboxylic acids is 1. The van der Waals surface area contributed by atoms with Crippen molar-refractivity contribution < 1.29 is 32.6 Å². The quantitative estimate of drug-likeness (QED) is 0.741. The van der Waals surface area contributed by atoms with Crippen LogP contribution >= 0.6 is 0 Å². The molecule has 0 spiro atoms. The summed E-state index contributed by atoms with van der Waals surface area (Å²) in [6, 6.07) is 0. The van der Waals surface area contributed by atoms with E-state index in [0.29, 0.717) is 0 Å². The Kier molecular flexibility index (Phi) is 3.88. The normalized spacial score (nSPS) is 26.3. The van der Waals surface area contributed by atoms with Crippen molar-refractivity contribution in [3.05, 3.63) is 12.7 Å². The van der Waals surface area contributed by atoms with Crippen LogP contribution in [0.5, 0.6) is 0 Å². The molecule has 0 radical (unpaired) electrons. The first kappa shape index (κ1) is 14.3. The maximum atomic E-state index is 12.4. The lowest BCUT2D eigenvalue weighted by atomic mass is 10.0. The number of carboxylic acids is 1. The van der Waals surface area contributed by atoms with Crippen molar-refractivity contribution in [3.63, 3.8) is 0 Å². The summed E-state index contributed by atoms with van der Waals surface area (Å²) in [6.45, 7) is 2.57. The Morgan fingerprint density at radius 2 is 2.17 bits per heavy atom. The monoisotopic (exact) mass is 267 g/mol. The molecule has 18 heavy (non-hydrogen) atoms. The van der Waals surface area contributed by atoms with Crippen LogP contribution in [0.1, 0.15) is 6.42 Å². The van der Waals surface area contributed by atoms with E-state index in [4.69, 9.17) is 5.11 Å². The largest absolute Gasteiger partial charge is 0.481 e. The van der Waals surface area contributed by atoms with Gasteiger partial charge < -0.3 is 15.2 Å². The fourth-order valence-corrected chi connectivity index (χ4v) is 1.66. The first-order chi connectivity index (χ1) is 8.24. The van der Waals surface area contributed by atoms with E-state index < -0.39 is 42.5 Å². The average Bonchev–Trinajstić information content (AvgIpc) is 2.99. The molecular weight excluding hydrogens is 255 g/mol. The van der Waals surface area contributed by atoms with Crippen LogP contribution in [0.2, 0.25) is 0 Å². The Labute approximate surface area is 101 Å². The first-order valence-corrected chi connectivity index (χ1v) is 5.05. The molecule has 2 atom stereocenters. The lowest BCUT2D eigenvalue weighted by Gasteiger charge is -2.14. The van der Waals surface area contributed by atoms with Gasteiger partial charge in [0.2, 0.25) is 0 Å². The highest BCUT2D eigenvalue weighted by atomic mass is 19.4. The van der Waals surface area contributed by atoms with Gasteiger partial charge in [0.15, 0.2) is 0 Å². The third-order valence-corrected chi connectivity index (χ3v) is 2.78. The molecule has 0 aromatic rings. The Morgan fingerprint density at radius 1 is 1.56 bits per heavy atom. The highest BCUT2D eigenvalue weighted by molar-refractivity contribution is 5.80. The Hall–Kier alpha value is -1.73. The SMILES string of the molecule is C=CCOC(=O)NC[C@]1(C(=O)O)C[C@@H]1C(F)(F)F. The van der Waals surface area contributed by atoms with Gasteiger partial charge in [0.05, 0.1) is 11.3 Å². The smallest absolute Gasteiger partial charge is 0.407 e. The second kappa shape index (κ2) is 4.87. The van der Waals surface area contributed by atoms with Crippen LogP contribution in [-0.4, -0.2) is 36.5 Å². The minimum atomic E-state index is -4.58. The zero-order chi connectivity index (χ0) is 14.0. The summed E-state index contributed by atoms with van der Waals surface area (Å²) in [4.78, 5) is 21.9. The van der Waals surface area contributed by atoms with Crippen molar-refractivity contribution in [3.8, 4) is 0 Å². The van der Waals surface area contributed by atoms with Crippen LogP contribution < -0.4 is 5.32 Å².